The molecule has 1 unspecified atom stereocenters. The van der Waals surface area contributed by atoms with Crippen LogP contribution in [0.2, 0.25) is 0 Å². The van der Waals surface area contributed by atoms with E-state index in [1.165, 1.54) is 16.9 Å². The lowest BCUT2D eigenvalue weighted by molar-refractivity contribution is 0.509. The van der Waals surface area contributed by atoms with Crippen molar-refractivity contribution in [2.24, 2.45) is 0 Å². The fourth-order valence-electron chi connectivity index (χ4n) is 2.94. The molecule has 0 spiro atoms. The van der Waals surface area contributed by atoms with Crippen LogP contribution in [0.1, 0.15) is 17.5 Å². The van der Waals surface area contributed by atoms with Crippen molar-refractivity contribution in [2.75, 3.05) is 0 Å². The molecular weight excluding hydrogens is 320 g/mol. The van der Waals surface area contributed by atoms with E-state index < -0.39 is 10.0 Å². The maximum Gasteiger partial charge on any atom is 0.250 e. The highest BCUT2D eigenvalue weighted by molar-refractivity contribution is 7.91. The SMILES string of the molecule is O=S(=O)(NC1CCc2c(cnc3[nH]ncc23)C1)c1cccs1. The Morgan fingerprint density at radius 3 is 3.09 bits per heavy atom. The average molecular weight is 334 g/mol. The molecule has 3 heterocycles. The van der Waals surface area contributed by atoms with Gasteiger partial charge in [-0.2, -0.15) is 5.10 Å². The zero-order valence-electron chi connectivity index (χ0n) is 11.6. The van der Waals surface area contributed by atoms with Gasteiger partial charge in [0.1, 0.15) is 4.21 Å². The van der Waals surface area contributed by atoms with Gasteiger partial charge in [-0.1, -0.05) is 6.07 Å². The van der Waals surface area contributed by atoms with Gasteiger partial charge in [-0.3, -0.25) is 5.10 Å². The number of aryl methyl sites for hydroxylation is 1. The fraction of sp³-hybridized carbons (Fsp3) is 0.286. The minimum absolute atomic E-state index is 0.0919. The summed E-state index contributed by atoms with van der Waals surface area (Å²) in [6.07, 6.45) is 5.88. The average Bonchev–Trinajstić information content (AvgIpc) is 3.18. The van der Waals surface area contributed by atoms with E-state index in [0.29, 0.717) is 10.6 Å². The van der Waals surface area contributed by atoms with Gasteiger partial charge in [0, 0.05) is 17.6 Å². The summed E-state index contributed by atoms with van der Waals surface area (Å²) in [5.41, 5.74) is 3.11. The number of fused-ring (bicyclic) bond motifs is 3. The Morgan fingerprint density at radius 2 is 2.27 bits per heavy atom. The maximum atomic E-state index is 12.3. The van der Waals surface area contributed by atoms with Crippen molar-refractivity contribution in [1.29, 1.82) is 0 Å². The Balaban J connectivity index is 1.60. The Morgan fingerprint density at radius 1 is 1.36 bits per heavy atom. The Hall–Kier alpha value is -1.77. The molecule has 0 bridgehead atoms. The highest BCUT2D eigenvalue weighted by Crippen LogP contribution is 2.27. The second-order valence-corrected chi connectivity index (χ2v) is 8.28. The van der Waals surface area contributed by atoms with Gasteiger partial charge in [0.05, 0.1) is 6.20 Å². The molecular formula is C14H14N4O2S2. The van der Waals surface area contributed by atoms with Gasteiger partial charge in [-0.25, -0.2) is 18.1 Å². The van der Waals surface area contributed by atoms with Crippen LogP contribution in [0.4, 0.5) is 0 Å². The van der Waals surface area contributed by atoms with Crippen molar-refractivity contribution in [1.82, 2.24) is 19.9 Å². The number of hydrogen-bond donors (Lipinski definition) is 2. The molecule has 0 fully saturated rings. The second kappa shape index (κ2) is 5.15. The highest BCUT2D eigenvalue weighted by atomic mass is 32.2. The molecule has 22 heavy (non-hydrogen) atoms. The number of nitrogens with one attached hydrogen (secondary N) is 2. The molecule has 4 rings (SSSR count). The van der Waals surface area contributed by atoms with Crippen LogP contribution in [0.5, 0.6) is 0 Å². The summed E-state index contributed by atoms with van der Waals surface area (Å²) in [4.78, 5) is 4.34. The lowest BCUT2D eigenvalue weighted by Gasteiger charge is -2.25. The smallest absolute Gasteiger partial charge is 0.250 e. The predicted molar refractivity (Wildman–Crippen MR) is 84.3 cm³/mol. The van der Waals surface area contributed by atoms with Crippen molar-refractivity contribution >= 4 is 32.4 Å². The van der Waals surface area contributed by atoms with Crippen LogP contribution in [0, 0.1) is 0 Å². The Kier molecular flexibility index (Phi) is 3.24. The largest absolute Gasteiger partial charge is 0.261 e. The molecule has 0 amide bonds. The van der Waals surface area contributed by atoms with Crippen molar-refractivity contribution in [2.45, 2.75) is 29.5 Å². The number of nitrogens with zero attached hydrogens (tertiary/aromatic N) is 2. The molecule has 1 atom stereocenters. The molecule has 3 aromatic heterocycles. The summed E-state index contributed by atoms with van der Waals surface area (Å²) < 4.78 is 27.8. The third-order valence-corrected chi connectivity index (χ3v) is 6.89. The molecule has 0 saturated carbocycles. The van der Waals surface area contributed by atoms with E-state index in [-0.39, 0.29) is 6.04 Å². The van der Waals surface area contributed by atoms with Crippen molar-refractivity contribution < 1.29 is 8.42 Å². The topological polar surface area (TPSA) is 87.7 Å². The van der Waals surface area contributed by atoms with Crippen LogP contribution in [-0.4, -0.2) is 29.6 Å². The molecule has 114 valence electrons. The lowest BCUT2D eigenvalue weighted by Crippen LogP contribution is -2.38. The molecule has 0 saturated heterocycles. The van der Waals surface area contributed by atoms with Crippen LogP contribution >= 0.6 is 11.3 Å². The standard InChI is InChI=1S/C14H14N4O2S2/c19-22(20,13-2-1-5-21-13)18-10-3-4-11-9(6-10)7-15-14-12(11)8-16-17-14/h1-2,5,7-8,10,18H,3-4,6H2,(H,15,16,17). The number of thiophene rings is 1. The second-order valence-electron chi connectivity index (χ2n) is 5.39. The normalized spacial score (nSPS) is 18.5. The molecule has 1 aliphatic carbocycles. The number of H-pyrrole nitrogens is 1. The van der Waals surface area contributed by atoms with E-state index in [2.05, 4.69) is 19.9 Å². The quantitative estimate of drug-likeness (QED) is 0.765. The van der Waals surface area contributed by atoms with Crippen LogP contribution in [0.25, 0.3) is 11.0 Å². The molecule has 1 aliphatic rings. The Bertz CT molecular complexity index is 916. The van der Waals surface area contributed by atoms with Gasteiger partial charge in [0.2, 0.25) is 10.0 Å². The van der Waals surface area contributed by atoms with Gasteiger partial charge in [0.15, 0.2) is 5.65 Å². The summed E-state index contributed by atoms with van der Waals surface area (Å²) in [6.45, 7) is 0. The number of aromatic amines is 1. The zero-order valence-corrected chi connectivity index (χ0v) is 13.2. The molecule has 2 N–H and O–H groups in total. The van der Waals surface area contributed by atoms with Gasteiger partial charge in [-0.15, -0.1) is 11.3 Å². The van der Waals surface area contributed by atoms with Crippen LogP contribution in [0.15, 0.2) is 34.1 Å². The molecule has 0 radical (unpaired) electrons. The third kappa shape index (κ3) is 2.33. The molecule has 6 nitrogen and oxygen atoms in total. The summed E-state index contributed by atoms with van der Waals surface area (Å²) >= 11 is 1.23. The van der Waals surface area contributed by atoms with Crippen LogP contribution in [0.3, 0.4) is 0 Å². The molecule has 8 heteroatoms. The summed E-state index contributed by atoms with van der Waals surface area (Å²) in [5, 5.41) is 9.70. The first kappa shape index (κ1) is 13.9. The number of sulfonamides is 1. The van der Waals surface area contributed by atoms with Crippen LogP contribution < -0.4 is 4.72 Å². The van der Waals surface area contributed by atoms with E-state index in [1.54, 1.807) is 23.7 Å². The van der Waals surface area contributed by atoms with Gasteiger partial charge >= 0.3 is 0 Å². The highest BCUT2D eigenvalue weighted by Gasteiger charge is 2.26. The van der Waals surface area contributed by atoms with E-state index in [1.807, 2.05) is 6.20 Å². The van der Waals surface area contributed by atoms with Crippen molar-refractivity contribution in [3.63, 3.8) is 0 Å². The molecule has 0 aliphatic heterocycles. The number of pyridine rings is 1. The first-order valence-corrected chi connectivity index (χ1v) is 9.35. The van der Waals surface area contributed by atoms with Gasteiger partial charge in [0.25, 0.3) is 0 Å². The molecule has 0 aromatic carbocycles. The zero-order chi connectivity index (χ0) is 15.2. The van der Waals surface area contributed by atoms with E-state index in [9.17, 15) is 8.42 Å². The van der Waals surface area contributed by atoms with E-state index in [0.717, 1.165) is 29.4 Å². The van der Waals surface area contributed by atoms with Crippen molar-refractivity contribution in [3.8, 4) is 0 Å². The number of aromatic nitrogens is 3. The van der Waals surface area contributed by atoms with Gasteiger partial charge < -0.3 is 0 Å². The minimum Gasteiger partial charge on any atom is -0.261 e. The van der Waals surface area contributed by atoms with Crippen LogP contribution in [-0.2, 0) is 22.9 Å². The first-order chi connectivity index (χ1) is 10.6. The summed E-state index contributed by atoms with van der Waals surface area (Å²) in [5.74, 6) is 0. The first-order valence-electron chi connectivity index (χ1n) is 6.99. The number of hydrogen-bond acceptors (Lipinski definition) is 5. The maximum absolute atomic E-state index is 12.3. The predicted octanol–water partition coefficient (Wildman–Crippen LogP) is 1.86. The van der Waals surface area contributed by atoms with Gasteiger partial charge in [-0.05, 0) is 41.8 Å². The van der Waals surface area contributed by atoms with E-state index >= 15 is 0 Å². The minimum atomic E-state index is -3.42. The third-order valence-electron chi connectivity index (χ3n) is 3.97. The Labute approximate surface area is 131 Å². The lowest BCUT2D eigenvalue weighted by atomic mass is 9.88. The number of rotatable bonds is 3. The van der Waals surface area contributed by atoms with Crippen molar-refractivity contribution in [3.05, 3.63) is 41.0 Å². The summed E-state index contributed by atoms with van der Waals surface area (Å²) in [6, 6.07) is 3.28. The monoisotopic (exact) mass is 334 g/mol. The van der Waals surface area contributed by atoms with E-state index in [4.69, 9.17) is 0 Å². The molecule has 3 aromatic rings. The summed E-state index contributed by atoms with van der Waals surface area (Å²) in [7, 11) is -3.42. The fourth-order valence-corrected chi connectivity index (χ4v) is 5.22.